The number of rotatable bonds is 3. The molecular weight excluding hydrogens is 229 g/mol. The van der Waals surface area contributed by atoms with Crippen LogP contribution in [0.5, 0.6) is 0 Å². The van der Waals surface area contributed by atoms with Gasteiger partial charge in [0.15, 0.2) is 0 Å². The van der Waals surface area contributed by atoms with Gasteiger partial charge in [0.25, 0.3) is 0 Å². The summed E-state index contributed by atoms with van der Waals surface area (Å²) in [6, 6.07) is 5.38. The second-order valence-electron chi connectivity index (χ2n) is 5.45. The quantitative estimate of drug-likeness (QED) is 0.889. The highest BCUT2D eigenvalue weighted by molar-refractivity contribution is 5.25. The third-order valence-electron chi connectivity index (χ3n) is 3.60. The second-order valence-corrected chi connectivity index (χ2v) is 5.45. The Labute approximate surface area is 109 Å². The molecule has 1 heterocycles. The number of morpholine rings is 1. The number of ether oxygens (including phenoxy) is 1. The van der Waals surface area contributed by atoms with E-state index >= 15 is 0 Å². The van der Waals surface area contributed by atoms with Gasteiger partial charge in [-0.2, -0.15) is 0 Å². The van der Waals surface area contributed by atoms with Crippen LogP contribution >= 0.6 is 0 Å². The van der Waals surface area contributed by atoms with E-state index < -0.39 is 0 Å². The van der Waals surface area contributed by atoms with Gasteiger partial charge in [0.1, 0.15) is 5.82 Å². The molecule has 0 aliphatic carbocycles. The number of benzene rings is 1. The van der Waals surface area contributed by atoms with E-state index in [9.17, 15) is 4.39 Å². The van der Waals surface area contributed by atoms with Crippen molar-refractivity contribution in [2.24, 2.45) is 0 Å². The third-order valence-corrected chi connectivity index (χ3v) is 3.60. The molecule has 1 saturated heterocycles. The zero-order valence-electron chi connectivity index (χ0n) is 11.4. The maximum atomic E-state index is 13.6. The van der Waals surface area contributed by atoms with E-state index in [1.807, 2.05) is 12.1 Å². The molecule has 0 aromatic heterocycles. The van der Waals surface area contributed by atoms with Crippen molar-refractivity contribution in [3.8, 4) is 0 Å². The molecule has 1 aromatic carbocycles. The Morgan fingerprint density at radius 3 is 2.94 bits per heavy atom. The van der Waals surface area contributed by atoms with Gasteiger partial charge in [-0.15, -0.1) is 0 Å². The first-order chi connectivity index (χ1) is 8.54. The molecule has 1 aromatic rings. The summed E-state index contributed by atoms with van der Waals surface area (Å²) < 4.78 is 19.8. The largest absolute Gasteiger partial charge is 0.365 e. The minimum atomic E-state index is -0.154. The maximum absolute atomic E-state index is 13.6. The standard InChI is InChI=1S/C15H22FNO/c1-4-7-15(3)10-17-9-14(18-15)12-6-5-11(2)13(16)8-12/h5-6,8,14,17H,4,7,9-10H2,1-3H3. The van der Waals surface area contributed by atoms with E-state index in [-0.39, 0.29) is 17.5 Å². The Kier molecular flexibility index (Phi) is 4.03. The summed E-state index contributed by atoms with van der Waals surface area (Å²) in [5, 5.41) is 3.40. The fourth-order valence-electron chi connectivity index (χ4n) is 2.57. The number of hydrogen-bond donors (Lipinski definition) is 1. The Morgan fingerprint density at radius 1 is 1.50 bits per heavy atom. The lowest BCUT2D eigenvalue weighted by Gasteiger charge is -2.39. The van der Waals surface area contributed by atoms with Crippen LogP contribution in [0.15, 0.2) is 18.2 Å². The van der Waals surface area contributed by atoms with Crippen LogP contribution in [0.2, 0.25) is 0 Å². The van der Waals surface area contributed by atoms with E-state index in [1.165, 1.54) is 0 Å². The molecule has 0 saturated carbocycles. The molecule has 1 aliphatic rings. The van der Waals surface area contributed by atoms with Crippen LogP contribution in [0.4, 0.5) is 4.39 Å². The smallest absolute Gasteiger partial charge is 0.126 e. The summed E-state index contributed by atoms with van der Waals surface area (Å²) in [6.07, 6.45) is 2.06. The van der Waals surface area contributed by atoms with E-state index in [4.69, 9.17) is 4.74 Å². The van der Waals surface area contributed by atoms with Gasteiger partial charge in [-0.3, -0.25) is 0 Å². The fraction of sp³-hybridized carbons (Fsp3) is 0.600. The Balaban J connectivity index is 2.15. The van der Waals surface area contributed by atoms with Gasteiger partial charge in [0.05, 0.1) is 11.7 Å². The van der Waals surface area contributed by atoms with Crippen LogP contribution in [0.3, 0.4) is 0 Å². The van der Waals surface area contributed by atoms with Crippen LogP contribution in [0, 0.1) is 12.7 Å². The lowest BCUT2D eigenvalue weighted by atomic mass is 9.96. The molecular formula is C15H22FNO. The summed E-state index contributed by atoms with van der Waals surface area (Å²) in [5.74, 6) is -0.154. The number of nitrogens with one attached hydrogen (secondary N) is 1. The SMILES string of the molecule is CCCC1(C)CNCC(c2ccc(C)c(F)c2)O1. The molecule has 2 atom stereocenters. The minimum Gasteiger partial charge on any atom is -0.365 e. The van der Waals surface area contributed by atoms with Crippen LogP contribution in [0.1, 0.15) is 43.9 Å². The number of hydrogen-bond acceptors (Lipinski definition) is 2. The molecule has 2 nitrogen and oxygen atoms in total. The van der Waals surface area contributed by atoms with Gasteiger partial charge in [-0.05, 0) is 37.5 Å². The summed E-state index contributed by atoms with van der Waals surface area (Å²) in [6.45, 7) is 7.68. The van der Waals surface area contributed by atoms with E-state index in [0.29, 0.717) is 5.56 Å². The highest BCUT2D eigenvalue weighted by atomic mass is 19.1. The lowest BCUT2D eigenvalue weighted by Crippen LogP contribution is -2.48. The van der Waals surface area contributed by atoms with E-state index in [0.717, 1.165) is 31.5 Å². The first-order valence-corrected chi connectivity index (χ1v) is 6.69. The average Bonchev–Trinajstić information content (AvgIpc) is 2.32. The predicted octanol–water partition coefficient (Wildman–Crippen LogP) is 3.35. The van der Waals surface area contributed by atoms with Gasteiger partial charge in [0, 0.05) is 13.1 Å². The van der Waals surface area contributed by atoms with Crippen LogP contribution < -0.4 is 5.32 Å². The van der Waals surface area contributed by atoms with E-state index in [2.05, 4.69) is 19.2 Å². The van der Waals surface area contributed by atoms with Crippen molar-refractivity contribution >= 4 is 0 Å². The summed E-state index contributed by atoms with van der Waals surface area (Å²) in [7, 11) is 0. The first-order valence-electron chi connectivity index (χ1n) is 6.69. The van der Waals surface area contributed by atoms with Crippen molar-refractivity contribution in [2.45, 2.75) is 45.3 Å². The number of halogens is 1. The Hall–Kier alpha value is -0.930. The minimum absolute atomic E-state index is 0.0506. The van der Waals surface area contributed by atoms with Crippen molar-refractivity contribution in [1.82, 2.24) is 5.32 Å². The molecule has 0 bridgehead atoms. The molecule has 1 N–H and O–H groups in total. The summed E-state index contributed by atoms with van der Waals surface area (Å²) in [4.78, 5) is 0. The fourth-order valence-corrected chi connectivity index (χ4v) is 2.57. The molecule has 100 valence electrons. The zero-order chi connectivity index (χ0) is 13.2. The Bertz CT molecular complexity index is 417. The van der Waals surface area contributed by atoms with Crippen molar-refractivity contribution in [3.63, 3.8) is 0 Å². The molecule has 18 heavy (non-hydrogen) atoms. The monoisotopic (exact) mass is 251 g/mol. The maximum Gasteiger partial charge on any atom is 0.126 e. The Morgan fingerprint density at radius 2 is 2.28 bits per heavy atom. The highest BCUT2D eigenvalue weighted by Crippen LogP contribution is 2.30. The third kappa shape index (κ3) is 2.90. The van der Waals surface area contributed by atoms with Gasteiger partial charge in [-0.1, -0.05) is 25.5 Å². The lowest BCUT2D eigenvalue weighted by molar-refractivity contribution is -0.112. The molecule has 1 aliphatic heterocycles. The van der Waals surface area contributed by atoms with Crippen LogP contribution in [0.25, 0.3) is 0 Å². The van der Waals surface area contributed by atoms with Crippen molar-refractivity contribution in [3.05, 3.63) is 35.1 Å². The van der Waals surface area contributed by atoms with E-state index in [1.54, 1.807) is 13.0 Å². The average molecular weight is 251 g/mol. The van der Waals surface area contributed by atoms with Crippen LogP contribution in [-0.2, 0) is 4.74 Å². The zero-order valence-corrected chi connectivity index (χ0v) is 11.4. The molecule has 2 unspecified atom stereocenters. The molecule has 1 fully saturated rings. The summed E-state index contributed by atoms with van der Waals surface area (Å²) in [5.41, 5.74) is 1.46. The van der Waals surface area contributed by atoms with Gasteiger partial charge in [0.2, 0.25) is 0 Å². The molecule has 0 radical (unpaired) electrons. The highest BCUT2D eigenvalue weighted by Gasteiger charge is 2.32. The first kappa shape index (κ1) is 13.5. The summed E-state index contributed by atoms with van der Waals surface area (Å²) >= 11 is 0. The molecule has 2 rings (SSSR count). The molecule has 3 heteroatoms. The van der Waals surface area contributed by atoms with Gasteiger partial charge < -0.3 is 10.1 Å². The van der Waals surface area contributed by atoms with Gasteiger partial charge >= 0.3 is 0 Å². The second kappa shape index (κ2) is 5.37. The predicted molar refractivity (Wildman–Crippen MR) is 71.1 cm³/mol. The van der Waals surface area contributed by atoms with Gasteiger partial charge in [-0.25, -0.2) is 4.39 Å². The number of aryl methyl sites for hydroxylation is 1. The topological polar surface area (TPSA) is 21.3 Å². The van der Waals surface area contributed by atoms with Crippen molar-refractivity contribution in [2.75, 3.05) is 13.1 Å². The normalized spacial score (nSPS) is 28.3. The van der Waals surface area contributed by atoms with Crippen molar-refractivity contribution in [1.29, 1.82) is 0 Å². The van der Waals surface area contributed by atoms with Crippen LogP contribution in [-0.4, -0.2) is 18.7 Å². The molecule has 0 spiro atoms. The van der Waals surface area contributed by atoms with Crippen molar-refractivity contribution < 1.29 is 9.13 Å². The molecule has 0 amide bonds.